The van der Waals surface area contributed by atoms with Crippen LogP contribution in [-0.2, 0) is 9.59 Å². The van der Waals surface area contributed by atoms with E-state index in [4.69, 9.17) is 0 Å². The van der Waals surface area contributed by atoms with Gasteiger partial charge in [0.05, 0.1) is 11.6 Å². The van der Waals surface area contributed by atoms with Gasteiger partial charge in [0.1, 0.15) is 11.6 Å². The molecule has 0 aliphatic carbocycles. The molecule has 1 aromatic carbocycles. The number of anilines is 1. The van der Waals surface area contributed by atoms with Gasteiger partial charge < -0.3 is 15.5 Å². The zero-order valence-corrected chi connectivity index (χ0v) is 12.4. The van der Waals surface area contributed by atoms with Crippen molar-refractivity contribution in [2.75, 3.05) is 31.1 Å². The molecule has 1 aliphatic heterocycles. The molecule has 2 rings (SSSR count). The summed E-state index contributed by atoms with van der Waals surface area (Å²) in [6, 6.07) is 3.04. The first-order chi connectivity index (χ1) is 10.5. The van der Waals surface area contributed by atoms with Crippen LogP contribution in [-0.4, -0.2) is 38.0 Å². The van der Waals surface area contributed by atoms with Crippen molar-refractivity contribution in [2.24, 2.45) is 5.92 Å². The Hall–Kier alpha value is -2.02. The van der Waals surface area contributed by atoms with E-state index in [1.54, 1.807) is 0 Å². The molecule has 1 aliphatic rings. The molecule has 0 bridgehead atoms. The number of nitrogens with one attached hydrogen (secondary N) is 2. The summed E-state index contributed by atoms with van der Waals surface area (Å²) in [7, 11) is 0. The minimum Gasteiger partial charge on any atom is -0.355 e. The van der Waals surface area contributed by atoms with E-state index in [2.05, 4.69) is 10.6 Å². The Morgan fingerprint density at radius 3 is 2.82 bits per heavy atom. The van der Waals surface area contributed by atoms with Crippen LogP contribution in [0.25, 0.3) is 0 Å². The lowest BCUT2D eigenvalue weighted by Crippen LogP contribution is -2.37. The minimum atomic E-state index is -0.804. The molecule has 22 heavy (non-hydrogen) atoms. The molecule has 0 aromatic heterocycles. The molecule has 7 heteroatoms. The van der Waals surface area contributed by atoms with Gasteiger partial charge in [-0.25, -0.2) is 8.78 Å². The van der Waals surface area contributed by atoms with E-state index in [0.717, 1.165) is 18.7 Å². The Balaban J connectivity index is 1.97. The predicted octanol–water partition coefficient (Wildman–Crippen LogP) is 1.04. The summed E-state index contributed by atoms with van der Waals surface area (Å²) in [5, 5.41) is 5.81. The van der Waals surface area contributed by atoms with Crippen molar-refractivity contribution in [1.29, 1.82) is 0 Å². The van der Waals surface area contributed by atoms with E-state index in [1.165, 1.54) is 11.0 Å². The van der Waals surface area contributed by atoms with Crippen molar-refractivity contribution in [3.8, 4) is 0 Å². The lowest BCUT2D eigenvalue weighted by Gasteiger charge is -2.17. The van der Waals surface area contributed by atoms with Crippen molar-refractivity contribution < 1.29 is 18.4 Å². The topological polar surface area (TPSA) is 61.4 Å². The van der Waals surface area contributed by atoms with Crippen LogP contribution in [0.3, 0.4) is 0 Å². The lowest BCUT2D eigenvalue weighted by atomic mass is 10.1. The summed E-state index contributed by atoms with van der Waals surface area (Å²) < 4.78 is 26.7. The molecular formula is C15H19F2N3O2. The van der Waals surface area contributed by atoms with Gasteiger partial charge in [0.15, 0.2) is 0 Å². The van der Waals surface area contributed by atoms with Crippen molar-refractivity contribution in [3.05, 3.63) is 29.8 Å². The van der Waals surface area contributed by atoms with Gasteiger partial charge in [-0.05, 0) is 18.7 Å². The lowest BCUT2D eigenvalue weighted by molar-refractivity contribution is -0.126. The van der Waals surface area contributed by atoms with Crippen LogP contribution in [0.4, 0.5) is 14.5 Å². The monoisotopic (exact) mass is 311 g/mol. The highest BCUT2D eigenvalue weighted by atomic mass is 19.1. The maximum atomic E-state index is 13.7. The average molecular weight is 311 g/mol. The highest BCUT2D eigenvalue weighted by molar-refractivity contribution is 6.00. The van der Waals surface area contributed by atoms with Gasteiger partial charge in [0.25, 0.3) is 0 Å². The Labute approximate surface area is 127 Å². The second kappa shape index (κ2) is 7.31. The van der Waals surface area contributed by atoms with Crippen molar-refractivity contribution in [1.82, 2.24) is 10.6 Å². The molecule has 2 N–H and O–H groups in total. The normalized spacial score (nSPS) is 17.9. The van der Waals surface area contributed by atoms with E-state index in [9.17, 15) is 18.4 Å². The maximum absolute atomic E-state index is 13.7. The van der Waals surface area contributed by atoms with Gasteiger partial charge in [-0.3, -0.25) is 9.59 Å². The van der Waals surface area contributed by atoms with Crippen LogP contribution in [0.1, 0.15) is 13.3 Å². The number of carbonyl (C=O) groups is 2. The zero-order chi connectivity index (χ0) is 16.1. The molecule has 0 saturated carbocycles. The number of halogens is 2. The standard InChI is InChI=1S/C15H19F2N3O2/c1-2-18-5-6-19-15(22)10-7-14(21)20(9-10)13-4-3-11(16)8-12(13)17/h3-4,8,10,18H,2,5-7,9H2,1H3,(H,19,22). The Morgan fingerprint density at radius 2 is 2.14 bits per heavy atom. The summed E-state index contributed by atoms with van der Waals surface area (Å²) >= 11 is 0. The van der Waals surface area contributed by atoms with E-state index < -0.39 is 17.6 Å². The molecule has 1 heterocycles. The van der Waals surface area contributed by atoms with Crippen molar-refractivity contribution in [2.45, 2.75) is 13.3 Å². The molecule has 1 saturated heterocycles. The molecule has 1 fully saturated rings. The van der Waals surface area contributed by atoms with Crippen LogP contribution >= 0.6 is 0 Å². The van der Waals surface area contributed by atoms with Crippen molar-refractivity contribution >= 4 is 17.5 Å². The van der Waals surface area contributed by atoms with Gasteiger partial charge in [-0.2, -0.15) is 0 Å². The van der Waals surface area contributed by atoms with Crippen LogP contribution in [0.2, 0.25) is 0 Å². The summed E-state index contributed by atoms with van der Waals surface area (Å²) in [5.41, 5.74) is 0.00866. The SMILES string of the molecule is CCNCCNC(=O)C1CC(=O)N(c2ccc(F)cc2F)C1. The second-order valence-electron chi connectivity index (χ2n) is 5.15. The highest BCUT2D eigenvalue weighted by Crippen LogP contribution is 2.27. The number of rotatable bonds is 6. The van der Waals surface area contributed by atoms with E-state index in [1.807, 2.05) is 6.92 Å². The molecule has 1 unspecified atom stereocenters. The number of benzene rings is 1. The zero-order valence-electron chi connectivity index (χ0n) is 12.4. The number of hydrogen-bond acceptors (Lipinski definition) is 3. The predicted molar refractivity (Wildman–Crippen MR) is 78.4 cm³/mol. The first kappa shape index (κ1) is 16.4. The van der Waals surface area contributed by atoms with Gasteiger partial charge in [0.2, 0.25) is 11.8 Å². The molecule has 1 atom stereocenters. The molecule has 1 aromatic rings. The third-order valence-corrected chi connectivity index (χ3v) is 3.55. The molecule has 120 valence electrons. The molecule has 0 radical (unpaired) electrons. The Kier molecular flexibility index (Phi) is 5.43. The fraction of sp³-hybridized carbons (Fsp3) is 0.467. The number of hydrogen-bond donors (Lipinski definition) is 2. The number of nitrogens with zero attached hydrogens (tertiary/aromatic N) is 1. The van der Waals surface area contributed by atoms with Gasteiger partial charge >= 0.3 is 0 Å². The summed E-state index contributed by atoms with van der Waals surface area (Å²) in [4.78, 5) is 25.2. The quantitative estimate of drug-likeness (QED) is 0.772. The first-order valence-corrected chi connectivity index (χ1v) is 7.26. The third kappa shape index (κ3) is 3.79. The smallest absolute Gasteiger partial charge is 0.227 e. The first-order valence-electron chi connectivity index (χ1n) is 7.26. The fourth-order valence-corrected chi connectivity index (χ4v) is 2.41. The van der Waals surface area contributed by atoms with Crippen LogP contribution in [0.5, 0.6) is 0 Å². The summed E-state index contributed by atoms with van der Waals surface area (Å²) in [6.45, 7) is 4.01. The second-order valence-corrected chi connectivity index (χ2v) is 5.15. The molecule has 0 spiro atoms. The van der Waals surface area contributed by atoms with E-state index in [0.29, 0.717) is 13.1 Å². The molecule has 5 nitrogen and oxygen atoms in total. The average Bonchev–Trinajstić information content (AvgIpc) is 2.85. The van der Waals surface area contributed by atoms with Gasteiger partial charge in [-0.1, -0.05) is 6.92 Å². The van der Waals surface area contributed by atoms with Crippen LogP contribution in [0.15, 0.2) is 18.2 Å². The highest BCUT2D eigenvalue weighted by Gasteiger charge is 2.36. The maximum Gasteiger partial charge on any atom is 0.227 e. The number of amides is 2. The Bertz CT molecular complexity index is 566. The van der Waals surface area contributed by atoms with E-state index in [-0.39, 0.29) is 30.5 Å². The third-order valence-electron chi connectivity index (χ3n) is 3.55. The minimum absolute atomic E-state index is 0.00866. The summed E-state index contributed by atoms with van der Waals surface area (Å²) in [6.07, 6.45) is 0.0316. The van der Waals surface area contributed by atoms with Crippen LogP contribution in [0, 0.1) is 17.6 Å². The molecule has 2 amide bonds. The van der Waals surface area contributed by atoms with Crippen molar-refractivity contribution in [3.63, 3.8) is 0 Å². The summed E-state index contributed by atoms with van der Waals surface area (Å²) in [5.74, 6) is -2.58. The molecular weight excluding hydrogens is 292 g/mol. The van der Waals surface area contributed by atoms with Gasteiger partial charge in [-0.15, -0.1) is 0 Å². The fourth-order valence-electron chi connectivity index (χ4n) is 2.41. The number of likely N-dealkylation sites (N-methyl/N-ethyl adjacent to an activating group) is 1. The number of carbonyl (C=O) groups excluding carboxylic acids is 2. The van der Waals surface area contributed by atoms with Gasteiger partial charge in [0, 0.05) is 32.1 Å². The van der Waals surface area contributed by atoms with E-state index >= 15 is 0 Å². The Morgan fingerprint density at radius 1 is 1.36 bits per heavy atom. The largest absolute Gasteiger partial charge is 0.355 e. The van der Waals surface area contributed by atoms with Crippen LogP contribution < -0.4 is 15.5 Å².